The molecule has 0 aliphatic heterocycles. The first-order valence-electron chi connectivity index (χ1n) is 5.52. The van der Waals surface area contributed by atoms with Crippen LogP contribution >= 0.6 is 0 Å². The lowest BCUT2D eigenvalue weighted by atomic mass is 9.97. The monoisotopic (exact) mass is 219 g/mol. The lowest BCUT2D eigenvalue weighted by Crippen LogP contribution is -1.95. The Morgan fingerprint density at radius 3 is 2.94 bits per heavy atom. The van der Waals surface area contributed by atoms with Crippen LogP contribution in [0.4, 0.5) is 0 Å². The van der Waals surface area contributed by atoms with Gasteiger partial charge in [-0.05, 0) is 36.1 Å². The summed E-state index contributed by atoms with van der Waals surface area (Å²) in [6.07, 6.45) is 2.80. The van der Waals surface area contributed by atoms with Crippen molar-refractivity contribution >= 4 is 10.9 Å². The van der Waals surface area contributed by atoms with Crippen LogP contribution in [0.3, 0.4) is 0 Å². The highest BCUT2D eigenvalue weighted by Gasteiger charge is 2.11. The number of rotatable bonds is 4. The molecule has 2 aromatic rings. The zero-order chi connectivity index (χ0) is 11.5. The quantitative estimate of drug-likeness (QED) is 0.830. The van der Waals surface area contributed by atoms with E-state index in [-0.39, 0.29) is 6.61 Å². The molecule has 86 valence electrons. The summed E-state index contributed by atoms with van der Waals surface area (Å²) in [6, 6.07) is 6.00. The number of hydrogen-bond donors (Lipinski definition) is 2. The standard InChI is InChI=1S/C13H17NO2/c1-9(5-6-15)12-8-14-13-4-3-10(16-2)7-11(12)13/h3-4,7-9,14-15H,5-6H2,1-2H3/t9-/m1/s1. The van der Waals surface area contributed by atoms with Gasteiger partial charge in [0.15, 0.2) is 0 Å². The number of aliphatic hydroxyl groups excluding tert-OH is 1. The largest absolute Gasteiger partial charge is 0.497 e. The van der Waals surface area contributed by atoms with E-state index in [0.717, 1.165) is 17.7 Å². The minimum absolute atomic E-state index is 0.220. The molecular formula is C13H17NO2. The summed E-state index contributed by atoms with van der Waals surface area (Å²) in [5, 5.41) is 10.2. The van der Waals surface area contributed by atoms with Gasteiger partial charge in [-0.15, -0.1) is 0 Å². The second-order valence-corrected chi connectivity index (χ2v) is 4.07. The van der Waals surface area contributed by atoms with Crippen LogP contribution in [0.1, 0.15) is 24.8 Å². The molecule has 0 aliphatic carbocycles. The molecule has 2 N–H and O–H groups in total. The topological polar surface area (TPSA) is 45.2 Å². The SMILES string of the molecule is COc1ccc2[nH]cc([C@H](C)CCO)c2c1. The Morgan fingerprint density at radius 2 is 2.25 bits per heavy atom. The molecule has 3 heteroatoms. The third kappa shape index (κ3) is 1.91. The molecule has 3 nitrogen and oxygen atoms in total. The molecule has 1 aromatic heterocycles. The number of benzene rings is 1. The molecule has 0 saturated carbocycles. The predicted octanol–water partition coefficient (Wildman–Crippen LogP) is 2.66. The van der Waals surface area contributed by atoms with Crippen molar-refractivity contribution in [1.29, 1.82) is 0 Å². The highest BCUT2D eigenvalue weighted by molar-refractivity contribution is 5.85. The van der Waals surface area contributed by atoms with Crippen LogP contribution < -0.4 is 4.74 Å². The van der Waals surface area contributed by atoms with Gasteiger partial charge < -0.3 is 14.8 Å². The summed E-state index contributed by atoms with van der Waals surface area (Å²) in [5.74, 6) is 1.22. The number of methoxy groups -OCH3 is 1. The van der Waals surface area contributed by atoms with Crippen LogP contribution in [-0.4, -0.2) is 23.8 Å². The summed E-state index contributed by atoms with van der Waals surface area (Å²) in [4.78, 5) is 3.24. The first-order valence-corrected chi connectivity index (χ1v) is 5.52. The minimum Gasteiger partial charge on any atom is -0.497 e. The fraction of sp³-hybridized carbons (Fsp3) is 0.385. The average Bonchev–Trinajstić information content (AvgIpc) is 2.71. The van der Waals surface area contributed by atoms with Crippen LogP contribution in [0.15, 0.2) is 24.4 Å². The van der Waals surface area contributed by atoms with Crippen molar-refractivity contribution in [2.75, 3.05) is 13.7 Å². The number of nitrogens with one attached hydrogen (secondary N) is 1. The number of aromatic nitrogens is 1. The molecule has 0 saturated heterocycles. The molecule has 1 atom stereocenters. The van der Waals surface area contributed by atoms with Gasteiger partial charge in [-0.1, -0.05) is 6.92 Å². The van der Waals surface area contributed by atoms with Crippen LogP contribution in [0.2, 0.25) is 0 Å². The fourth-order valence-electron chi connectivity index (χ4n) is 2.01. The van der Waals surface area contributed by atoms with Gasteiger partial charge in [0.05, 0.1) is 7.11 Å². The first-order chi connectivity index (χ1) is 7.76. The lowest BCUT2D eigenvalue weighted by molar-refractivity contribution is 0.279. The second kappa shape index (κ2) is 4.58. The van der Waals surface area contributed by atoms with Gasteiger partial charge in [-0.3, -0.25) is 0 Å². The highest BCUT2D eigenvalue weighted by Crippen LogP contribution is 2.29. The van der Waals surface area contributed by atoms with Crippen molar-refractivity contribution in [2.24, 2.45) is 0 Å². The Morgan fingerprint density at radius 1 is 1.44 bits per heavy atom. The number of H-pyrrole nitrogens is 1. The third-order valence-corrected chi connectivity index (χ3v) is 3.01. The van der Waals surface area contributed by atoms with Crippen LogP contribution in [0.5, 0.6) is 5.75 Å². The van der Waals surface area contributed by atoms with E-state index in [1.165, 1.54) is 10.9 Å². The van der Waals surface area contributed by atoms with Gasteiger partial charge >= 0.3 is 0 Å². The summed E-state index contributed by atoms with van der Waals surface area (Å²) < 4.78 is 5.22. The van der Waals surface area contributed by atoms with Crippen molar-refractivity contribution in [3.05, 3.63) is 30.0 Å². The molecule has 0 spiro atoms. The maximum absolute atomic E-state index is 8.97. The third-order valence-electron chi connectivity index (χ3n) is 3.01. The molecule has 1 heterocycles. The molecule has 16 heavy (non-hydrogen) atoms. The molecule has 0 fully saturated rings. The Kier molecular flexibility index (Phi) is 3.15. The molecule has 0 aliphatic rings. The van der Waals surface area contributed by atoms with E-state index in [4.69, 9.17) is 9.84 Å². The van der Waals surface area contributed by atoms with Gasteiger partial charge in [-0.2, -0.15) is 0 Å². The number of hydrogen-bond acceptors (Lipinski definition) is 2. The van der Waals surface area contributed by atoms with Gasteiger partial charge in [0.1, 0.15) is 5.75 Å². The van der Waals surface area contributed by atoms with E-state index < -0.39 is 0 Å². The van der Waals surface area contributed by atoms with E-state index in [9.17, 15) is 0 Å². The normalized spacial score (nSPS) is 12.9. The van der Waals surface area contributed by atoms with Crippen molar-refractivity contribution in [2.45, 2.75) is 19.3 Å². The Labute approximate surface area is 95.1 Å². The molecule has 2 rings (SSSR count). The van der Waals surface area contributed by atoms with E-state index >= 15 is 0 Å². The first kappa shape index (κ1) is 11.0. The molecule has 1 aromatic carbocycles. The van der Waals surface area contributed by atoms with Crippen molar-refractivity contribution < 1.29 is 9.84 Å². The van der Waals surface area contributed by atoms with E-state index in [2.05, 4.69) is 11.9 Å². The van der Waals surface area contributed by atoms with Crippen LogP contribution in [-0.2, 0) is 0 Å². The summed E-state index contributed by atoms with van der Waals surface area (Å²) >= 11 is 0. The van der Waals surface area contributed by atoms with Crippen LogP contribution in [0.25, 0.3) is 10.9 Å². The fourth-order valence-corrected chi connectivity index (χ4v) is 2.01. The number of aliphatic hydroxyl groups is 1. The number of ether oxygens (including phenoxy) is 1. The zero-order valence-corrected chi connectivity index (χ0v) is 9.66. The summed E-state index contributed by atoms with van der Waals surface area (Å²) in [5.41, 5.74) is 2.35. The van der Waals surface area contributed by atoms with Crippen molar-refractivity contribution in [3.8, 4) is 5.75 Å². The Bertz CT molecular complexity index is 476. The zero-order valence-electron chi connectivity index (χ0n) is 9.66. The maximum atomic E-state index is 8.97. The van der Waals surface area contributed by atoms with Crippen molar-refractivity contribution in [3.63, 3.8) is 0 Å². The van der Waals surface area contributed by atoms with Crippen molar-refractivity contribution in [1.82, 2.24) is 4.98 Å². The van der Waals surface area contributed by atoms with Gasteiger partial charge in [0.25, 0.3) is 0 Å². The minimum atomic E-state index is 0.220. The van der Waals surface area contributed by atoms with Gasteiger partial charge in [0.2, 0.25) is 0 Å². The Hall–Kier alpha value is -1.48. The average molecular weight is 219 g/mol. The maximum Gasteiger partial charge on any atom is 0.119 e. The van der Waals surface area contributed by atoms with E-state index in [1.54, 1.807) is 7.11 Å². The van der Waals surface area contributed by atoms with E-state index in [1.807, 2.05) is 24.4 Å². The lowest BCUT2D eigenvalue weighted by Gasteiger charge is -2.08. The molecule has 0 bridgehead atoms. The Balaban J connectivity index is 2.45. The van der Waals surface area contributed by atoms with E-state index in [0.29, 0.717) is 5.92 Å². The number of fused-ring (bicyclic) bond motifs is 1. The number of aromatic amines is 1. The van der Waals surface area contributed by atoms with Gasteiger partial charge in [-0.25, -0.2) is 0 Å². The smallest absolute Gasteiger partial charge is 0.119 e. The molecule has 0 unspecified atom stereocenters. The van der Waals surface area contributed by atoms with Gasteiger partial charge in [0, 0.05) is 23.7 Å². The summed E-state index contributed by atoms with van der Waals surface area (Å²) in [7, 11) is 1.67. The predicted molar refractivity (Wildman–Crippen MR) is 65.0 cm³/mol. The molecular weight excluding hydrogens is 202 g/mol. The second-order valence-electron chi connectivity index (χ2n) is 4.07. The summed E-state index contributed by atoms with van der Waals surface area (Å²) in [6.45, 7) is 2.34. The molecule has 0 radical (unpaired) electrons. The highest BCUT2D eigenvalue weighted by atomic mass is 16.5. The van der Waals surface area contributed by atoms with Crippen LogP contribution in [0, 0.1) is 0 Å². The molecule has 0 amide bonds.